The number of nitrogens with two attached hydrogens (primary N) is 1. The number of aryl methyl sites for hydroxylation is 1. The Kier molecular flexibility index (Phi) is 3.77. The smallest absolute Gasteiger partial charge is 0.133 e. The average molecular weight is 307 g/mol. The van der Waals surface area contributed by atoms with Crippen molar-refractivity contribution in [3.8, 4) is 5.75 Å². The standard InChI is InChI=1S/C14H15BrN2O/c1-9-4-3-5-12(16)14(9)17-10-6-7-13(18-2)11(15)8-10/h3-8,17H,16H2,1-2H3. The van der Waals surface area contributed by atoms with Crippen molar-refractivity contribution in [2.45, 2.75) is 6.92 Å². The zero-order valence-corrected chi connectivity index (χ0v) is 11.9. The van der Waals surface area contributed by atoms with Crippen LogP contribution in [0, 0.1) is 6.92 Å². The fraction of sp³-hybridized carbons (Fsp3) is 0.143. The van der Waals surface area contributed by atoms with E-state index in [-0.39, 0.29) is 0 Å². The van der Waals surface area contributed by atoms with E-state index in [2.05, 4.69) is 21.2 Å². The second-order valence-electron chi connectivity index (χ2n) is 4.01. The van der Waals surface area contributed by atoms with Crippen LogP contribution in [0.25, 0.3) is 0 Å². The molecule has 0 spiro atoms. The quantitative estimate of drug-likeness (QED) is 0.840. The van der Waals surface area contributed by atoms with Gasteiger partial charge in [0, 0.05) is 5.69 Å². The predicted octanol–water partition coefficient (Wildman–Crippen LogP) is 4.09. The summed E-state index contributed by atoms with van der Waals surface area (Å²) < 4.78 is 6.10. The van der Waals surface area contributed by atoms with Gasteiger partial charge in [0.05, 0.1) is 23.0 Å². The first-order chi connectivity index (χ1) is 8.61. The number of halogens is 1. The van der Waals surface area contributed by atoms with E-state index in [0.29, 0.717) is 0 Å². The summed E-state index contributed by atoms with van der Waals surface area (Å²) in [6.45, 7) is 2.03. The van der Waals surface area contributed by atoms with Gasteiger partial charge >= 0.3 is 0 Å². The van der Waals surface area contributed by atoms with Gasteiger partial charge in [0.15, 0.2) is 0 Å². The van der Waals surface area contributed by atoms with Gasteiger partial charge in [0.25, 0.3) is 0 Å². The Labute approximate surface area is 115 Å². The van der Waals surface area contributed by atoms with Crippen molar-refractivity contribution in [3.63, 3.8) is 0 Å². The van der Waals surface area contributed by atoms with Crippen LogP contribution in [0.3, 0.4) is 0 Å². The molecule has 3 nitrogen and oxygen atoms in total. The van der Waals surface area contributed by atoms with Crippen molar-refractivity contribution in [2.24, 2.45) is 0 Å². The van der Waals surface area contributed by atoms with E-state index in [0.717, 1.165) is 32.8 Å². The molecule has 0 amide bonds. The molecule has 0 fully saturated rings. The second-order valence-corrected chi connectivity index (χ2v) is 4.87. The van der Waals surface area contributed by atoms with Crippen LogP contribution >= 0.6 is 15.9 Å². The Hall–Kier alpha value is -1.68. The zero-order valence-electron chi connectivity index (χ0n) is 10.3. The molecule has 0 aliphatic carbocycles. The van der Waals surface area contributed by atoms with Gasteiger partial charge in [-0.05, 0) is 52.7 Å². The maximum atomic E-state index is 5.96. The van der Waals surface area contributed by atoms with Crippen LogP contribution in [0.5, 0.6) is 5.75 Å². The molecular weight excluding hydrogens is 292 g/mol. The molecule has 0 bridgehead atoms. The molecule has 3 N–H and O–H groups in total. The van der Waals surface area contributed by atoms with E-state index in [1.54, 1.807) is 7.11 Å². The third kappa shape index (κ3) is 2.59. The highest BCUT2D eigenvalue weighted by atomic mass is 79.9. The van der Waals surface area contributed by atoms with Gasteiger partial charge in [-0.3, -0.25) is 0 Å². The number of nitrogen functional groups attached to an aromatic ring is 1. The fourth-order valence-corrected chi connectivity index (χ4v) is 2.29. The van der Waals surface area contributed by atoms with Crippen molar-refractivity contribution in [1.82, 2.24) is 0 Å². The molecule has 4 heteroatoms. The number of hydrogen-bond donors (Lipinski definition) is 2. The molecule has 0 aromatic heterocycles. The van der Waals surface area contributed by atoms with Gasteiger partial charge in [-0.15, -0.1) is 0 Å². The number of benzene rings is 2. The SMILES string of the molecule is COc1ccc(Nc2c(C)cccc2N)cc1Br. The molecule has 2 aromatic carbocycles. The third-order valence-corrected chi connectivity index (χ3v) is 3.35. The van der Waals surface area contributed by atoms with Crippen molar-refractivity contribution < 1.29 is 4.74 Å². The van der Waals surface area contributed by atoms with Crippen LogP contribution in [0.1, 0.15) is 5.56 Å². The number of nitrogens with one attached hydrogen (secondary N) is 1. The van der Waals surface area contributed by atoms with Crippen molar-refractivity contribution in [2.75, 3.05) is 18.2 Å². The summed E-state index contributed by atoms with van der Waals surface area (Å²) in [5, 5.41) is 3.32. The van der Waals surface area contributed by atoms with Crippen LogP contribution < -0.4 is 15.8 Å². The number of rotatable bonds is 3. The normalized spacial score (nSPS) is 10.2. The summed E-state index contributed by atoms with van der Waals surface area (Å²) in [5.41, 5.74) is 9.72. The molecule has 18 heavy (non-hydrogen) atoms. The van der Waals surface area contributed by atoms with E-state index >= 15 is 0 Å². The van der Waals surface area contributed by atoms with Crippen LogP contribution in [0.15, 0.2) is 40.9 Å². The summed E-state index contributed by atoms with van der Waals surface area (Å²) in [6, 6.07) is 11.7. The van der Waals surface area contributed by atoms with Gasteiger partial charge in [0.2, 0.25) is 0 Å². The minimum absolute atomic E-state index is 0.738. The molecule has 0 saturated carbocycles. The summed E-state index contributed by atoms with van der Waals surface area (Å²) in [7, 11) is 1.65. The predicted molar refractivity (Wildman–Crippen MR) is 79.6 cm³/mol. The van der Waals surface area contributed by atoms with Gasteiger partial charge in [-0.1, -0.05) is 12.1 Å². The molecule has 94 valence electrons. The van der Waals surface area contributed by atoms with Crippen molar-refractivity contribution >= 4 is 33.0 Å². The Bertz CT molecular complexity index is 549. The van der Waals surface area contributed by atoms with E-state index in [9.17, 15) is 0 Å². The topological polar surface area (TPSA) is 47.3 Å². The Morgan fingerprint density at radius 2 is 2.00 bits per heavy atom. The highest BCUT2D eigenvalue weighted by Crippen LogP contribution is 2.31. The molecule has 2 aromatic rings. The Morgan fingerprint density at radius 3 is 2.61 bits per heavy atom. The number of ether oxygens (including phenoxy) is 1. The van der Waals surface area contributed by atoms with E-state index < -0.39 is 0 Å². The lowest BCUT2D eigenvalue weighted by molar-refractivity contribution is 0.412. The van der Waals surface area contributed by atoms with Gasteiger partial charge in [0.1, 0.15) is 5.75 Å². The number of hydrogen-bond acceptors (Lipinski definition) is 3. The highest BCUT2D eigenvalue weighted by Gasteiger charge is 2.05. The van der Waals surface area contributed by atoms with Crippen LogP contribution in [-0.4, -0.2) is 7.11 Å². The number of methoxy groups -OCH3 is 1. The van der Waals surface area contributed by atoms with Crippen LogP contribution in [0.2, 0.25) is 0 Å². The van der Waals surface area contributed by atoms with Gasteiger partial charge in [-0.25, -0.2) is 0 Å². The molecule has 0 unspecified atom stereocenters. The molecule has 0 aliphatic heterocycles. The third-order valence-electron chi connectivity index (χ3n) is 2.73. The van der Waals surface area contributed by atoms with E-state index in [4.69, 9.17) is 10.5 Å². The average Bonchev–Trinajstić information content (AvgIpc) is 2.34. The molecule has 0 heterocycles. The fourth-order valence-electron chi connectivity index (χ4n) is 1.75. The maximum absolute atomic E-state index is 5.96. The molecule has 0 aliphatic rings. The van der Waals surface area contributed by atoms with Crippen molar-refractivity contribution in [3.05, 3.63) is 46.4 Å². The minimum atomic E-state index is 0.738. The van der Waals surface area contributed by atoms with Crippen LogP contribution in [0.4, 0.5) is 17.1 Å². The monoisotopic (exact) mass is 306 g/mol. The molecular formula is C14H15BrN2O. The minimum Gasteiger partial charge on any atom is -0.496 e. The van der Waals surface area contributed by atoms with Gasteiger partial charge in [-0.2, -0.15) is 0 Å². The lowest BCUT2D eigenvalue weighted by atomic mass is 10.1. The Balaban J connectivity index is 2.32. The molecule has 0 saturated heterocycles. The first-order valence-corrected chi connectivity index (χ1v) is 6.37. The van der Waals surface area contributed by atoms with E-state index in [1.165, 1.54) is 0 Å². The lowest BCUT2D eigenvalue weighted by Crippen LogP contribution is -1.98. The largest absolute Gasteiger partial charge is 0.496 e. The molecule has 0 atom stereocenters. The molecule has 2 rings (SSSR count). The maximum Gasteiger partial charge on any atom is 0.133 e. The first kappa shape index (κ1) is 12.8. The zero-order chi connectivity index (χ0) is 13.1. The summed E-state index contributed by atoms with van der Waals surface area (Å²) in [5.74, 6) is 0.804. The summed E-state index contributed by atoms with van der Waals surface area (Å²) in [4.78, 5) is 0. The number of anilines is 3. The first-order valence-electron chi connectivity index (χ1n) is 5.57. The lowest BCUT2D eigenvalue weighted by Gasteiger charge is -2.13. The summed E-state index contributed by atoms with van der Waals surface area (Å²) in [6.07, 6.45) is 0. The van der Waals surface area contributed by atoms with Gasteiger partial charge < -0.3 is 15.8 Å². The highest BCUT2D eigenvalue weighted by molar-refractivity contribution is 9.10. The van der Waals surface area contributed by atoms with Crippen LogP contribution in [-0.2, 0) is 0 Å². The Morgan fingerprint density at radius 1 is 1.22 bits per heavy atom. The molecule has 0 radical (unpaired) electrons. The van der Waals surface area contributed by atoms with Crippen molar-refractivity contribution in [1.29, 1.82) is 0 Å². The van der Waals surface area contributed by atoms with E-state index in [1.807, 2.05) is 43.3 Å². The summed E-state index contributed by atoms with van der Waals surface area (Å²) >= 11 is 3.46. The number of para-hydroxylation sites is 1. The second kappa shape index (κ2) is 5.31.